The summed E-state index contributed by atoms with van der Waals surface area (Å²) >= 11 is 0. The molecule has 0 bridgehead atoms. The van der Waals surface area contributed by atoms with Crippen LogP contribution in [0.2, 0.25) is 0 Å². The van der Waals surface area contributed by atoms with Crippen LogP contribution in [-0.4, -0.2) is 32.3 Å². The van der Waals surface area contributed by atoms with Crippen LogP contribution in [0.4, 0.5) is 18.9 Å². The number of benzene rings is 1. The number of hydrogen-bond acceptors (Lipinski definition) is 6. The molecule has 4 rings (SSSR count). The first-order valence-corrected chi connectivity index (χ1v) is 8.72. The zero-order valence-electron chi connectivity index (χ0n) is 15.5. The lowest BCUT2D eigenvalue weighted by Gasteiger charge is -2.11. The predicted molar refractivity (Wildman–Crippen MR) is 94.8 cm³/mol. The molecule has 8 nitrogen and oxygen atoms in total. The summed E-state index contributed by atoms with van der Waals surface area (Å²) in [5, 5.41) is 6.27. The van der Waals surface area contributed by atoms with Gasteiger partial charge in [0, 0.05) is 29.6 Å². The van der Waals surface area contributed by atoms with Crippen LogP contribution in [-0.2, 0) is 17.4 Å². The van der Waals surface area contributed by atoms with E-state index in [4.69, 9.17) is 9.47 Å². The van der Waals surface area contributed by atoms with Gasteiger partial charge in [-0.3, -0.25) is 4.79 Å². The highest BCUT2D eigenvalue weighted by molar-refractivity contribution is 5.91. The second-order valence-corrected chi connectivity index (χ2v) is 6.52. The van der Waals surface area contributed by atoms with E-state index >= 15 is 0 Å². The van der Waals surface area contributed by atoms with Crippen molar-refractivity contribution in [1.82, 2.24) is 19.6 Å². The van der Waals surface area contributed by atoms with Gasteiger partial charge in [0.2, 0.25) is 12.7 Å². The molecule has 0 aliphatic carbocycles. The molecule has 1 aromatic carbocycles. The van der Waals surface area contributed by atoms with Gasteiger partial charge in [-0.2, -0.15) is 18.2 Å². The van der Waals surface area contributed by atoms with Crippen LogP contribution in [0.3, 0.4) is 0 Å². The minimum atomic E-state index is -4.65. The van der Waals surface area contributed by atoms with E-state index in [1.807, 2.05) is 0 Å². The van der Waals surface area contributed by atoms with Gasteiger partial charge >= 0.3 is 6.18 Å². The molecule has 1 aliphatic heterocycles. The first kappa shape index (κ1) is 19.0. The van der Waals surface area contributed by atoms with Gasteiger partial charge in [-0.25, -0.2) is 9.50 Å². The van der Waals surface area contributed by atoms with Gasteiger partial charge in [0.05, 0.1) is 0 Å². The third-order valence-electron chi connectivity index (χ3n) is 4.56. The monoisotopic (exact) mass is 407 g/mol. The van der Waals surface area contributed by atoms with Crippen molar-refractivity contribution in [3.05, 3.63) is 41.0 Å². The van der Waals surface area contributed by atoms with Crippen molar-refractivity contribution >= 4 is 17.4 Å². The number of amides is 1. The molecule has 0 unspecified atom stereocenters. The lowest BCUT2D eigenvalue weighted by atomic mass is 10.1. The molecule has 0 atom stereocenters. The maximum atomic E-state index is 12.9. The summed E-state index contributed by atoms with van der Waals surface area (Å²) in [4.78, 5) is 19.9. The van der Waals surface area contributed by atoms with E-state index in [9.17, 15) is 18.0 Å². The van der Waals surface area contributed by atoms with Crippen molar-refractivity contribution in [2.75, 3.05) is 12.1 Å². The zero-order chi connectivity index (χ0) is 20.8. The Morgan fingerprint density at radius 1 is 1.21 bits per heavy atom. The molecule has 1 aliphatic rings. The summed E-state index contributed by atoms with van der Waals surface area (Å²) in [5.74, 6) is -0.459. The molecule has 3 aromatic rings. The van der Waals surface area contributed by atoms with E-state index in [0.717, 1.165) is 4.52 Å². The summed E-state index contributed by atoms with van der Waals surface area (Å²) in [6.45, 7) is 3.43. The Labute approximate surface area is 162 Å². The third-order valence-corrected chi connectivity index (χ3v) is 4.56. The second-order valence-electron chi connectivity index (χ2n) is 6.52. The molecule has 0 saturated heterocycles. The predicted octanol–water partition coefficient (Wildman–Crippen LogP) is 3.06. The highest BCUT2D eigenvalue weighted by Crippen LogP contribution is 2.34. The first-order valence-electron chi connectivity index (χ1n) is 8.72. The van der Waals surface area contributed by atoms with E-state index in [-0.39, 0.29) is 31.3 Å². The fourth-order valence-electron chi connectivity index (χ4n) is 3.13. The molecule has 2 aromatic heterocycles. The Bertz CT molecular complexity index is 1110. The van der Waals surface area contributed by atoms with Crippen molar-refractivity contribution in [2.45, 2.75) is 32.9 Å². The number of alkyl halides is 3. The molecule has 29 heavy (non-hydrogen) atoms. The average Bonchev–Trinajstić information content (AvgIpc) is 3.27. The van der Waals surface area contributed by atoms with Crippen LogP contribution < -0.4 is 14.8 Å². The standard InChI is InChI=1S/C18H16F3N5O3/c1-9-12(10(2)26-17(22-9)24-16(25-26)18(19,20)21)4-6-15(27)23-11-3-5-13-14(7-11)29-8-28-13/h3,5,7H,4,6,8H2,1-2H3,(H,23,27). The van der Waals surface area contributed by atoms with E-state index in [0.29, 0.717) is 34.1 Å². The summed E-state index contributed by atoms with van der Waals surface area (Å²) in [7, 11) is 0. The van der Waals surface area contributed by atoms with Gasteiger partial charge in [-0.15, -0.1) is 5.10 Å². The number of rotatable bonds is 4. The van der Waals surface area contributed by atoms with Gasteiger partial charge in [0.15, 0.2) is 11.5 Å². The molecular formula is C18H16F3N5O3. The van der Waals surface area contributed by atoms with E-state index < -0.39 is 12.0 Å². The van der Waals surface area contributed by atoms with E-state index in [1.165, 1.54) is 0 Å². The van der Waals surface area contributed by atoms with Crippen molar-refractivity contribution < 1.29 is 27.4 Å². The number of nitrogens with zero attached hydrogens (tertiary/aromatic N) is 4. The average molecular weight is 407 g/mol. The molecule has 11 heteroatoms. The normalized spacial score (nSPS) is 13.1. The zero-order valence-corrected chi connectivity index (χ0v) is 15.5. The van der Waals surface area contributed by atoms with Crippen LogP contribution in [0.5, 0.6) is 11.5 Å². The fourth-order valence-corrected chi connectivity index (χ4v) is 3.13. The molecule has 3 heterocycles. The Morgan fingerprint density at radius 3 is 2.72 bits per heavy atom. The third kappa shape index (κ3) is 3.67. The Balaban J connectivity index is 1.49. The van der Waals surface area contributed by atoms with E-state index in [1.54, 1.807) is 32.0 Å². The Morgan fingerprint density at radius 2 is 1.97 bits per heavy atom. The molecule has 0 radical (unpaired) electrons. The van der Waals surface area contributed by atoms with Gasteiger partial charge in [-0.05, 0) is 38.0 Å². The van der Waals surface area contributed by atoms with Crippen molar-refractivity contribution in [2.24, 2.45) is 0 Å². The topological polar surface area (TPSA) is 90.6 Å². The van der Waals surface area contributed by atoms with Gasteiger partial charge in [-0.1, -0.05) is 0 Å². The number of halogens is 3. The first-order chi connectivity index (χ1) is 13.7. The SMILES string of the molecule is Cc1nc2nc(C(F)(F)F)nn2c(C)c1CCC(=O)Nc1ccc2c(c1)OCO2. The van der Waals surface area contributed by atoms with Crippen LogP contribution in [0.25, 0.3) is 5.78 Å². The molecule has 152 valence electrons. The van der Waals surface area contributed by atoms with Gasteiger partial charge in [0.1, 0.15) is 0 Å². The van der Waals surface area contributed by atoms with Crippen LogP contribution >= 0.6 is 0 Å². The molecule has 1 N–H and O–H groups in total. The van der Waals surface area contributed by atoms with Crippen molar-refractivity contribution in [3.8, 4) is 11.5 Å². The largest absolute Gasteiger partial charge is 0.454 e. The second kappa shape index (κ2) is 6.90. The summed E-state index contributed by atoms with van der Waals surface area (Å²) in [5.41, 5.74) is 2.18. The lowest BCUT2D eigenvalue weighted by Crippen LogP contribution is -2.14. The number of aryl methyl sites for hydroxylation is 2. The summed E-state index contributed by atoms with van der Waals surface area (Å²) in [6, 6.07) is 5.06. The summed E-state index contributed by atoms with van der Waals surface area (Å²) in [6.07, 6.45) is -4.25. The smallest absolute Gasteiger partial charge is 0.453 e. The molecule has 1 amide bonds. The quantitative estimate of drug-likeness (QED) is 0.715. The Hall–Kier alpha value is -3.37. The minimum Gasteiger partial charge on any atom is -0.454 e. The highest BCUT2D eigenvalue weighted by Gasteiger charge is 2.37. The summed E-state index contributed by atoms with van der Waals surface area (Å²) < 4.78 is 50.2. The number of hydrogen-bond donors (Lipinski definition) is 1. The number of aromatic nitrogens is 4. The van der Waals surface area contributed by atoms with Gasteiger partial charge in [0.25, 0.3) is 11.6 Å². The maximum absolute atomic E-state index is 12.9. The molecule has 0 saturated carbocycles. The molecule has 0 fully saturated rings. The van der Waals surface area contributed by atoms with Crippen LogP contribution in [0, 0.1) is 13.8 Å². The van der Waals surface area contributed by atoms with Gasteiger partial charge < -0.3 is 14.8 Å². The minimum absolute atomic E-state index is 0.115. The number of carbonyl (C=O) groups excluding carboxylic acids is 1. The van der Waals surface area contributed by atoms with Crippen molar-refractivity contribution in [3.63, 3.8) is 0 Å². The van der Waals surface area contributed by atoms with Crippen LogP contribution in [0.15, 0.2) is 18.2 Å². The molecular weight excluding hydrogens is 391 g/mol. The number of fused-ring (bicyclic) bond motifs is 2. The maximum Gasteiger partial charge on any atom is 0.453 e. The fraction of sp³-hybridized carbons (Fsp3) is 0.333. The lowest BCUT2D eigenvalue weighted by molar-refractivity contribution is -0.144. The van der Waals surface area contributed by atoms with Crippen LogP contribution in [0.1, 0.15) is 29.2 Å². The van der Waals surface area contributed by atoms with E-state index in [2.05, 4.69) is 20.4 Å². The Kier molecular flexibility index (Phi) is 4.52. The number of anilines is 1. The van der Waals surface area contributed by atoms with Crippen molar-refractivity contribution in [1.29, 1.82) is 0 Å². The highest BCUT2D eigenvalue weighted by atomic mass is 19.4. The number of ether oxygens (including phenoxy) is 2. The number of nitrogens with one attached hydrogen (secondary N) is 1. The molecule has 0 spiro atoms. The number of carbonyl (C=O) groups is 1.